The number of ether oxygens (including phenoxy) is 2. The zero-order valence-electron chi connectivity index (χ0n) is 16.5. The lowest BCUT2D eigenvalue weighted by molar-refractivity contribution is -0.144. The van der Waals surface area contributed by atoms with Crippen molar-refractivity contribution in [2.45, 2.75) is 51.9 Å². The fourth-order valence-corrected chi connectivity index (χ4v) is 3.01. The third-order valence-electron chi connectivity index (χ3n) is 4.39. The number of likely N-dealkylation sites (tertiary alicyclic amines) is 1. The van der Waals surface area contributed by atoms with Crippen LogP contribution in [0.15, 0.2) is 30.3 Å². The number of rotatable bonds is 5. The first-order chi connectivity index (χ1) is 13.2. The molecule has 1 fully saturated rings. The van der Waals surface area contributed by atoms with Gasteiger partial charge in [-0.3, -0.25) is 4.79 Å². The van der Waals surface area contributed by atoms with Gasteiger partial charge in [0, 0.05) is 13.1 Å². The molecule has 1 saturated heterocycles. The molecule has 0 aromatic heterocycles. The molecule has 0 bridgehead atoms. The molecule has 1 aromatic carbocycles. The number of carbonyl (C=O) groups is 3. The van der Waals surface area contributed by atoms with Crippen LogP contribution >= 0.6 is 0 Å². The van der Waals surface area contributed by atoms with E-state index in [1.807, 2.05) is 30.3 Å². The van der Waals surface area contributed by atoms with Crippen LogP contribution in [-0.4, -0.2) is 52.9 Å². The number of carboxylic acid groups (broad SMARTS) is 1. The van der Waals surface area contributed by atoms with E-state index in [1.165, 1.54) is 4.90 Å². The van der Waals surface area contributed by atoms with Gasteiger partial charge in [0.15, 0.2) is 0 Å². The van der Waals surface area contributed by atoms with Gasteiger partial charge in [-0.05, 0) is 39.2 Å². The molecular formula is C20H28N2O6. The minimum atomic E-state index is -0.902. The molecule has 2 amide bonds. The minimum Gasteiger partial charge on any atom is -0.481 e. The van der Waals surface area contributed by atoms with Crippen LogP contribution in [0.1, 0.15) is 39.2 Å². The van der Waals surface area contributed by atoms with Gasteiger partial charge < -0.3 is 24.8 Å². The Morgan fingerprint density at radius 3 is 2.50 bits per heavy atom. The van der Waals surface area contributed by atoms with Crippen LogP contribution in [-0.2, 0) is 20.9 Å². The molecule has 8 heteroatoms. The van der Waals surface area contributed by atoms with Crippen LogP contribution in [0.5, 0.6) is 0 Å². The third kappa shape index (κ3) is 6.75. The van der Waals surface area contributed by atoms with E-state index >= 15 is 0 Å². The largest absolute Gasteiger partial charge is 0.481 e. The van der Waals surface area contributed by atoms with Gasteiger partial charge in [-0.25, -0.2) is 9.59 Å². The van der Waals surface area contributed by atoms with Crippen molar-refractivity contribution < 1.29 is 29.0 Å². The second-order valence-electron chi connectivity index (χ2n) is 7.83. The molecule has 2 rings (SSSR count). The van der Waals surface area contributed by atoms with E-state index in [1.54, 1.807) is 20.8 Å². The number of hydrogen-bond donors (Lipinski definition) is 2. The van der Waals surface area contributed by atoms with Gasteiger partial charge in [0.1, 0.15) is 12.2 Å². The van der Waals surface area contributed by atoms with Crippen molar-refractivity contribution in [1.29, 1.82) is 0 Å². The van der Waals surface area contributed by atoms with Gasteiger partial charge in [0.2, 0.25) is 0 Å². The molecule has 1 aliphatic heterocycles. The smallest absolute Gasteiger partial charge is 0.410 e. The Labute approximate surface area is 164 Å². The van der Waals surface area contributed by atoms with E-state index in [4.69, 9.17) is 9.47 Å². The average Bonchev–Trinajstić information content (AvgIpc) is 2.63. The summed E-state index contributed by atoms with van der Waals surface area (Å²) in [6, 6.07) is 8.78. The van der Waals surface area contributed by atoms with Gasteiger partial charge in [-0.15, -0.1) is 0 Å². The number of alkyl carbamates (subject to hydrolysis) is 1. The summed E-state index contributed by atoms with van der Waals surface area (Å²) in [4.78, 5) is 37.3. The Hall–Kier alpha value is -2.77. The average molecular weight is 392 g/mol. The monoisotopic (exact) mass is 392 g/mol. The Morgan fingerprint density at radius 1 is 1.21 bits per heavy atom. The van der Waals surface area contributed by atoms with Crippen molar-refractivity contribution in [2.75, 3.05) is 13.1 Å². The van der Waals surface area contributed by atoms with E-state index in [2.05, 4.69) is 5.32 Å². The lowest BCUT2D eigenvalue weighted by Gasteiger charge is -2.38. The molecule has 0 aliphatic carbocycles. The number of carboxylic acids is 1. The van der Waals surface area contributed by atoms with Gasteiger partial charge in [-0.2, -0.15) is 0 Å². The second-order valence-corrected chi connectivity index (χ2v) is 7.83. The highest BCUT2D eigenvalue weighted by Gasteiger charge is 2.36. The summed E-state index contributed by atoms with van der Waals surface area (Å²) < 4.78 is 10.6. The molecule has 2 unspecified atom stereocenters. The Bertz CT molecular complexity index is 686. The molecule has 8 nitrogen and oxygen atoms in total. The minimum absolute atomic E-state index is 0.0939. The molecule has 154 valence electrons. The van der Waals surface area contributed by atoms with Crippen LogP contribution in [0, 0.1) is 5.92 Å². The molecule has 0 saturated carbocycles. The third-order valence-corrected chi connectivity index (χ3v) is 4.39. The van der Waals surface area contributed by atoms with E-state index in [9.17, 15) is 19.5 Å². The summed E-state index contributed by atoms with van der Waals surface area (Å²) in [6.07, 6.45) is -0.539. The van der Waals surface area contributed by atoms with Crippen molar-refractivity contribution in [2.24, 2.45) is 5.92 Å². The number of hydrogen-bond acceptors (Lipinski definition) is 5. The first kappa shape index (κ1) is 21.5. The van der Waals surface area contributed by atoms with Crippen molar-refractivity contribution in [1.82, 2.24) is 10.2 Å². The van der Waals surface area contributed by atoms with E-state index < -0.39 is 35.7 Å². The predicted molar refractivity (Wildman–Crippen MR) is 102 cm³/mol. The maximum Gasteiger partial charge on any atom is 0.410 e. The number of aliphatic carboxylic acids is 1. The van der Waals surface area contributed by atoms with Crippen LogP contribution in [0.4, 0.5) is 9.59 Å². The Morgan fingerprint density at radius 2 is 1.89 bits per heavy atom. The fourth-order valence-electron chi connectivity index (χ4n) is 3.01. The van der Waals surface area contributed by atoms with Gasteiger partial charge in [0.25, 0.3) is 0 Å². The van der Waals surface area contributed by atoms with Crippen LogP contribution in [0.25, 0.3) is 0 Å². The summed E-state index contributed by atoms with van der Waals surface area (Å²) >= 11 is 0. The molecule has 0 spiro atoms. The highest BCUT2D eigenvalue weighted by Crippen LogP contribution is 2.25. The van der Waals surface area contributed by atoms with Gasteiger partial charge in [0.05, 0.1) is 12.0 Å². The summed E-state index contributed by atoms with van der Waals surface area (Å²) in [5.41, 5.74) is 0.199. The van der Waals surface area contributed by atoms with Gasteiger partial charge >= 0.3 is 18.2 Å². The van der Waals surface area contributed by atoms with Crippen LogP contribution in [0.3, 0.4) is 0 Å². The number of piperidine rings is 1. The van der Waals surface area contributed by atoms with Crippen LogP contribution in [0.2, 0.25) is 0 Å². The molecule has 2 N–H and O–H groups in total. The fraction of sp³-hybridized carbons (Fsp3) is 0.550. The second kappa shape index (κ2) is 9.43. The molecule has 2 atom stereocenters. The van der Waals surface area contributed by atoms with Gasteiger partial charge in [-0.1, -0.05) is 30.3 Å². The molecule has 28 heavy (non-hydrogen) atoms. The molecule has 1 aliphatic rings. The summed E-state index contributed by atoms with van der Waals surface area (Å²) in [6.45, 7) is 5.79. The predicted octanol–water partition coefficient (Wildman–Crippen LogP) is 3.01. The molecule has 1 heterocycles. The first-order valence-electron chi connectivity index (χ1n) is 9.32. The quantitative estimate of drug-likeness (QED) is 0.798. The highest BCUT2D eigenvalue weighted by atomic mass is 16.6. The van der Waals surface area contributed by atoms with Crippen molar-refractivity contribution in [3.63, 3.8) is 0 Å². The molecular weight excluding hydrogens is 364 g/mol. The number of nitrogens with one attached hydrogen (secondary N) is 1. The number of carbonyl (C=O) groups excluding carboxylic acids is 2. The zero-order valence-corrected chi connectivity index (χ0v) is 16.5. The van der Waals surface area contributed by atoms with Crippen molar-refractivity contribution >= 4 is 18.2 Å². The molecule has 0 radical (unpaired) electrons. The summed E-state index contributed by atoms with van der Waals surface area (Å²) in [5, 5.41) is 11.9. The van der Waals surface area contributed by atoms with E-state index in [-0.39, 0.29) is 26.1 Å². The highest BCUT2D eigenvalue weighted by molar-refractivity contribution is 5.72. The number of benzene rings is 1. The number of nitrogens with zero attached hydrogens (tertiary/aromatic N) is 1. The zero-order chi connectivity index (χ0) is 20.7. The molecule has 1 aromatic rings. The summed E-state index contributed by atoms with van der Waals surface area (Å²) in [7, 11) is 0. The topological polar surface area (TPSA) is 105 Å². The van der Waals surface area contributed by atoms with E-state index in [0.717, 1.165) is 5.56 Å². The van der Waals surface area contributed by atoms with E-state index in [0.29, 0.717) is 6.42 Å². The summed E-state index contributed by atoms with van der Waals surface area (Å²) in [5.74, 6) is -1.47. The van der Waals surface area contributed by atoms with Crippen LogP contribution < -0.4 is 5.32 Å². The Balaban J connectivity index is 1.93. The standard InChI is InChI=1S/C20H28N2O6/c1-20(2,3)28-19(26)22-10-9-15(17(23)24)11-16(22)12-21-18(25)27-13-14-7-5-4-6-8-14/h4-8,15-16H,9-13H2,1-3H3,(H,21,25)(H,23,24). The van der Waals surface area contributed by atoms with Crippen molar-refractivity contribution in [3.05, 3.63) is 35.9 Å². The normalized spacial score (nSPS) is 19.6. The first-order valence-corrected chi connectivity index (χ1v) is 9.32. The van der Waals surface area contributed by atoms with Crippen molar-refractivity contribution in [3.8, 4) is 0 Å². The Kier molecular flexibility index (Phi) is 7.25. The lowest BCUT2D eigenvalue weighted by Crippen LogP contribution is -2.53. The maximum atomic E-state index is 12.5. The lowest BCUT2D eigenvalue weighted by atomic mass is 9.91. The SMILES string of the molecule is CC(C)(C)OC(=O)N1CCC(C(=O)O)CC1CNC(=O)OCc1ccccc1. The maximum absolute atomic E-state index is 12.5. The number of amides is 2.